The minimum absolute atomic E-state index is 0.552. The standard InChI is InChI=1S/C50H36N2/c1-34-24-27-39(28-25-34)52(38-18-9-4-10-19-38)40-29-31-43-42-30-26-35(41-21-13-22-45-44-20-11-12-23-48(44)51-49(41)45)32-46(42)50(47(43)33-40,36-14-5-2-6-15-36)37-16-7-3-8-17-37/h2-33,51H,1H3. The van der Waals surface area contributed by atoms with Crippen molar-refractivity contribution < 1.29 is 0 Å². The summed E-state index contributed by atoms with van der Waals surface area (Å²) in [5.41, 5.74) is 16.4. The first-order chi connectivity index (χ1) is 25.7. The summed E-state index contributed by atoms with van der Waals surface area (Å²) in [6.45, 7) is 2.14. The highest BCUT2D eigenvalue weighted by Gasteiger charge is 2.46. The molecule has 1 aliphatic carbocycles. The van der Waals surface area contributed by atoms with Crippen LogP contribution in [0.1, 0.15) is 27.8 Å². The topological polar surface area (TPSA) is 19.0 Å². The van der Waals surface area contributed by atoms with Gasteiger partial charge in [0.15, 0.2) is 0 Å². The molecule has 2 nitrogen and oxygen atoms in total. The van der Waals surface area contributed by atoms with Crippen molar-refractivity contribution in [2.75, 3.05) is 4.90 Å². The average molecular weight is 665 g/mol. The number of hydrogen-bond donors (Lipinski definition) is 1. The minimum Gasteiger partial charge on any atom is -0.354 e. The summed E-state index contributed by atoms with van der Waals surface area (Å²) in [7, 11) is 0. The maximum Gasteiger partial charge on any atom is 0.0714 e. The van der Waals surface area contributed by atoms with E-state index in [4.69, 9.17) is 0 Å². The number of para-hydroxylation sites is 3. The Labute approximate surface area is 304 Å². The van der Waals surface area contributed by atoms with E-state index < -0.39 is 5.41 Å². The van der Waals surface area contributed by atoms with E-state index in [2.05, 4.69) is 211 Å². The van der Waals surface area contributed by atoms with Gasteiger partial charge < -0.3 is 9.88 Å². The van der Waals surface area contributed by atoms with Gasteiger partial charge in [0.25, 0.3) is 0 Å². The Morgan fingerprint density at radius 2 is 0.981 bits per heavy atom. The molecule has 0 spiro atoms. The molecule has 0 saturated heterocycles. The zero-order valence-electron chi connectivity index (χ0n) is 28.9. The lowest BCUT2D eigenvalue weighted by molar-refractivity contribution is 0.768. The second-order valence-corrected chi connectivity index (χ2v) is 13.9. The Hall–Kier alpha value is -6.64. The highest BCUT2D eigenvalue weighted by molar-refractivity contribution is 6.12. The maximum absolute atomic E-state index is 3.76. The molecule has 246 valence electrons. The van der Waals surface area contributed by atoms with Gasteiger partial charge in [-0.1, -0.05) is 151 Å². The van der Waals surface area contributed by atoms with Crippen LogP contribution in [0.2, 0.25) is 0 Å². The van der Waals surface area contributed by atoms with E-state index in [-0.39, 0.29) is 0 Å². The number of H-pyrrole nitrogens is 1. The third-order valence-corrected chi connectivity index (χ3v) is 11.0. The Bertz CT molecular complexity index is 2690. The van der Waals surface area contributed by atoms with Crippen LogP contribution in [-0.4, -0.2) is 4.98 Å². The third-order valence-electron chi connectivity index (χ3n) is 11.0. The van der Waals surface area contributed by atoms with E-state index in [0.29, 0.717) is 0 Å². The molecular formula is C50H36N2. The zero-order valence-corrected chi connectivity index (χ0v) is 28.9. The fourth-order valence-corrected chi connectivity index (χ4v) is 8.62. The number of aryl methyl sites for hydroxylation is 1. The highest BCUT2D eigenvalue weighted by Crippen LogP contribution is 2.58. The molecule has 52 heavy (non-hydrogen) atoms. The molecule has 8 aromatic carbocycles. The van der Waals surface area contributed by atoms with Gasteiger partial charge in [-0.05, 0) is 94.4 Å². The summed E-state index contributed by atoms with van der Waals surface area (Å²) in [5, 5.41) is 2.50. The van der Waals surface area contributed by atoms with Crippen molar-refractivity contribution in [1.29, 1.82) is 0 Å². The van der Waals surface area contributed by atoms with E-state index in [0.717, 1.165) is 22.6 Å². The van der Waals surface area contributed by atoms with Gasteiger partial charge in [0, 0.05) is 38.9 Å². The first kappa shape index (κ1) is 30.2. The molecule has 0 aliphatic heterocycles. The molecule has 1 N–H and O–H groups in total. The number of hydrogen-bond acceptors (Lipinski definition) is 1. The fraction of sp³-hybridized carbons (Fsp3) is 0.0400. The van der Waals surface area contributed by atoms with Crippen LogP contribution in [0, 0.1) is 6.92 Å². The van der Waals surface area contributed by atoms with E-state index in [1.54, 1.807) is 0 Å². The van der Waals surface area contributed by atoms with Gasteiger partial charge in [0.1, 0.15) is 0 Å². The largest absolute Gasteiger partial charge is 0.354 e. The molecule has 1 heterocycles. The number of nitrogens with zero attached hydrogens (tertiary/aromatic N) is 1. The van der Waals surface area contributed by atoms with Gasteiger partial charge in [0.2, 0.25) is 0 Å². The highest BCUT2D eigenvalue weighted by atomic mass is 15.1. The van der Waals surface area contributed by atoms with Crippen LogP contribution < -0.4 is 4.90 Å². The number of anilines is 3. The zero-order chi connectivity index (χ0) is 34.6. The summed E-state index contributed by atoms with van der Waals surface area (Å²) in [5.74, 6) is 0. The molecule has 0 amide bonds. The third kappa shape index (κ3) is 4.58. The van der Waals surface area contributed by atoms with Gasteiger partial charge >= 0.3 is 0 Å². The van der Waals surface area contributed by atoms with Crippen LogP contribution in [0.5, 0.6) is 0 Å². The Morgan fingerprint density at radius 1 is 0.423 bits per heavy atom. The number of aromatic amines is 1. The van der Waals surface area contributed by atoms with Gasteiger partial charge in [-0.15, -0.1) is 0 Å². The minimum atomic E-state index is -0.552. The predicted octanol–water partition coefficient (Wildman–Crippen LogP) is 13.1. The number of benzene rings is 8. The first-order valence-electron chi connectivity index (χ1n) is 18.0. The fourth-order valence-electron chi connectivity index (χ4n) is 8.62. The van der Waals surface area contributed by atoms with Crippen LogP contribution in [0.25, 0.3) is 44.1 Å². The van der Waals surface area contributed by atoms with Gasteiger partial charge in [-0.2, -0.15) is 0 Å². The monoisotopic (exact) mass is 664 g/mol. The molecule has 0 fully saturated rings. The van der Waals surface area contributed by atoms with Crippen molar-refractivity contribution in [2.24, 2.45) is 0 Å². The molecule has 0 unspecified atom stereocenters. The van der Waals surface area contributed by atoms with E-state index in [1.807, 2.05) is 0 Å². The van der Waals surface area contributed by atoms with Crippen molar-refractivity contribution in [1.82, 2.24) is 4.98 Å². The average Bonchev–Trinajstić information content (AvgIpc) is 3.73. The van der Waals surface area contributed by atoms with Crippen LogP contribution in [0.4, 0.5) is 17.1 Å². The molecule has 0 saturated carbocycles. The molecule has 0 radical (unpaired) electrons. The van der Waals surface area contributed by atoms with Crippen LogP contribution in [0.3, 0.4) is 0 Å². The van der Waals surface area contributed by atoms with Gasteiger partial charge in [-0.3, -0.25) is 0 Å². The Balaban J connectivity index is 1.26. The molecule has 10 rings (SSSR count). The first-order valence-corrected chi connectivity index (χ1v) is 18.0. The molecule has 1 aromatic heterocycles. The van der Waals surface area contributed by atoms with Crippen LogP contribution >= 0.6 is 0 Å². The van der Waals surface area contributed by atoms with E-state index in [1.165, 1.54) is 66.4 Å². The van der Waals surface area contributed by atoms with Crippen molar-refractivity contribution in [3.63, 3.8) is 0 Å². The second kappa shape index (κ2) is 12.0. The lowest BCUT2D eigenvalue weighted by Gasteiger charge is -2.35. The second-order valence-electron chi connectivity index (χ2n) is 13.9. The molecule has 9 aromatic rings. The van der Waals surface area contributed by atoms with Gasteiger partial charge in [0.05, 0.1) is 10.9 Å². The van der Waals surface area contributed by atoms with Crippen molar-refractivity contribution >= 4 is 38.9 Å². The molecule has 2 heteroatoms. The Kier molecular flexibility index (Phi) is 6.97. The molecule has 0 atom stereocenters. The quantitative estimate of drug-likeness (QED) is 0.187. The molecule has 0 bridgehead atoms. The lowest BCUT2D eigenvalue weighted by atomic mass is 9.67. The van der Waals surface area contributed by atoms with Crippen LogP contribution in [-0.2, 0) is 5.41 Å². The number of fused-ring (bicyclic) bond motifs is 6. The summed E-state index contributed by atoms with van der Waals surface area (Å²) in [6, 6.07) is 71.2. The number of nitrogens with one attached hydrogen (secondary N) is 1. The van der Waals surface area contributed by atoms with Crippen molar-refractivity contribution in [3.05, 3.63) is 222 Å². The number of rotatable bonds is 6. The summed E-state index contributed by atoms with van der Waals surface area (Å²) in [4.78, 5) is 6.14. The lowest BCUT2D eigenvalue weighted by Crippen LogP contribution is -2.28. The van der Waals surface area contributed by atoms with E-state index >= 15 is 0 Å². The number of aromatic nitrogens is 1. The van der Waals surface area contributed by atoms with Crippen molar-refractivity contribution in [2.45, 2.75) is 12.3 Å². The SMILES string of the molecule is Cc1ccc(N(c2ccccc2)c2ccc3c(c2)C(c2ccccc2)(c2ccccc2)c2cc(-c4cccc5c4[nH]c4ccccc45)ccc2-3)cc1. The molecular weight excluding hydrogens is 629 g/mol. The normalized spacial score (nSPS) is 12.9. The smallest absolute Gasteiger partial charge is 0.0714 e. The van der Waals surface area contributed by atoms with Crippen LogP contribution in [0.15, 0.2) is 194 Å². The predicted molar refractivity (Wildman–Crippen MR) is 218 cm³/mol. The van der Waals surface area contributed by atoms with Gasteiger partial charge in [-0.25, -0.2) is 0 Å². The van der Waals surface area contributed by atoms with Crippen molar-refractivity contribution in [3.8, 4) is 22.3 Å². The molecule has 1 aliphatic rings. The maximum atomic E-state index is 3.76. The summed E-state index contributed by atoms with van der Waals surface area (Å²) in [6.07, 6.45) is 0. The Morgan fingerprint density at radius 3 is 1.69 bits per heavy atom. The summed E-state index contributed by atoms with van der Waals surface area (Å²) >= 11 is 0. The summed E-state index contributed by atoms with van der Waals surface area (Å²) < 4.78 is 0. The van der Waals surface area contributed by atoms with E-state index in [9.17, 15) is 0 Å².